The van der Waals surface area contributed by atoms with Crippen LogP contribution in [0.3, 0.4) is 0 Å². The van der Waals surface area contributed by atoms with E-state index in [1.54, 1.807) is 0 Å². The van der Waals surface area contributed by atoms with Crippen molar-refractivity contribution >= 4 is 8.80 Å². The Morgan fingerprint density at radius 1 is 1.05 bits per heavy atom. The molecule has 124 valence electrons. The first-order chi connectivity index (χ1) is 10.3. The average Bonchev–Trinajstić information content (AvgIpc) is 2.46. The van der Waals surface area contributed by atoms with E-state index in [1.165, 1.54) is 32.4 Å². The number of ether oxygens (including phenoxy) is 1. The van der Waals surface area contributed by atoms with E-state index in [0.29, 0.717) is 19.8 Å². The Kier molecular flexibility index (Phi) is 7.63. The molecule has 1 atom stereocenters. The lowest BCUT2D eigenvalue weighted by atomic mass is 10.1. The number of hydrogen-bond donors (Lipinski definition) is 0. The van der Waals surface area contributed by atoms with Gasteiger partial charge in [-0.15, -0.1) is 0 Å². The minimum Gasteiger partial charge on any atom is -0.379 e. The van der Waals surface area contributed by atoms with E-state index in [4.69, 9.17) is 18.0 Å². The Morgan fingerprint density at radius 2 is 1.76 bits per heavy atom. The molecular weight excluding hydrogens is 286 g/mol. The highest BCUT2D eigenvalue weighted by Crippen LogP contribution is 2.23. The molecule has 0 radical (unpaired) electrons. The number of piperidine rings is 1. The highest BCUT2D eigenvalue weighted by atomic mass is 28.4. The van der Waals surface area contributed by atoms with Crippen molar-refractivity contribution in [1.29, 1.82) is 0 Å². The molecule has 0 bridgehead atoms. The van der Waals surface area contributed by atoms with Crippen LogP contribution in [0.25, 0.3) is 0 Å². The van der Waals surface area contributed by atoms with Crippen LogP contribution in [0.5, 0.6) is 0 Å². The molecule has 0 aromatic rings. The van der Waals surface area contributed by atoms with Crippen LogP contribution in [0.2, 0.25) is 6.04 Å². The van der Waals surface area contributed by atoms with Gasteiger partial charge in [0.2, 0.25) is 0 Å². The molecule has 2 saturated heterocycles. The first-order valence-corrected chi connectivity index (χ1v) is 10.5. The molecule has 0 aliphatic carbocycles. The van der Waals surface area contributed by atoms with Crippen molar-refractivity contribution in [1.82, 2.24) is 4.90 Å². The molecule has 5 nitrogen and oxygen atoms in total. The number of hydrogen-bond acceptors (Lipinski definition) is 5. The van der Waals surface area contributed by atoms with Gasteiger partial charge in [-0.3, -0.25) is 0 Å². The van der Waals surface area contributed by atoms with E-state index in [-0.39, 0.29) is 6.10 Å². The summed E-state index contributed by atoms with van der Waals surface area (Å²) in [4.78, 5) is 2.50. The lowest BCUT2D eigenvalue weighted by Crippen LogP contribution is -2.53. The summed E-state index contributed by atoms with van der Waals surface area (Å²) in [5, 5.41) is 0. The number of nitrogens with zero attached hydrogens (tertiary/aromatic N) is 1. The summed E-state index contributed by atoms with van der Waals surface area (Å²) in [5.74, 6) is 0. The summed E-state index contributed by atoms with van der Waals surface area (Å²) in [6.07, 6.45) is 4.99. The molecule has 0 amide bonds. The van der Waals surface area contributed by atoms with Gasteiger partial charge in [0.15, 0.2) is 0 Å². The fourth-order valence-corrected chi connectivity index (χ4v) is 5.90. The SMILES string of the molecule is CCO[Si]1(OCC)CCCOCC(CN2CCCCC2)O1. The van der Waals surface area contributed by atoms with Crippen LogP contribution in [0.1, 0.15) is 39.5 Å². The maximum absolute atomic E-state index is 6.39. The first kappa shape index (κ1) is 17.4. The largest absolute Gasteiger partial charge is 0.501 e. The second-order valence-electron chi connectivity index (χ2n) is 5.83. The van der Waals surface area contributed by atoms with Gasteiger partial charge in [-0.05, 0) is 46.2 Å². The number of rotatable bonds is 6. The van der Waals surface area contributed by atoms with E-state index in [9.17, 15) is 0 Å². The molecule has 0 aromatic heterocycles. The molecule has 0 N–H and O–H groups in total. The van der Waals surface area contributed by atoms with Crippen molar-refractivity contribution in [2.24, 2.45) is 0 Å². The fourth-order valence-electron chi connectivity index (χ4n) is 3.17. The van der Waals surface area contributed by atoms with Crippen LogP contribution >= 0.6 is 0 Å². The predicted octanol–water partition coefficient (Wildman–Crippen LogP) is 2.29. The van der Waals surface area contributed by atoms with Gasteiger partial charge in [-0.1, -0.05) is 6.42 Å². The van der Waals surface area contributed by atoms with Crippen LogP contribution in [-0.4, -0.2) is 65.9 Å². The highest BCUT2D eigenvalue weighted by Gasteiger charge is 2.43. The third-order valence-corrected chi connectivity index (χ3v) is 7.18. The van der Waals surface area contributed by atoms with Crippen molar-refractivity contribution < 1.29 is 18.0 Å². The average molecular weight is 318 g/mol. The summed E-state index contributed by atoms with van der Waals surface area (Å²) in [7, 11) is -2.52. The van der Waals surface area contributed by atoms with Crippen molar-refractivity contribution in [2.75, 3.05) is 46.1 Å². The maximum atomic E-state index is 6.39. The Morgan fingerprint density at radius 3 is 2.43 bits per heavy atom. The third-order valence-electron chi connectivity index (χ3n) is 4.06. The molecule has 2 aliphatic heterocycles. The Hall–Kier alpha value is 0.0169. The van der Waals surface area contributed by atoms with Gasteiger partial charge in [-0.2, -0.15) is 0 Å². The smallest absolute Gasteiger partial charge is 0.379 e. The van der Waals surface area contributed by atoms with Gasteiger partial charge in [0.05, 0.1) is 12.7 Å². The maximum Gasteiger partial charge on any atom is 0.501 e. The van der Waals surface area contributed by atoms with Crippen LogP contribution in [0, 0.1) is 0 Å². The van der Waals surface area contributed by atoms with E-state index < -0.39 is 8.80 Å². The van der Waals surface area contributed by atoms with Crippen molar-refractivity contribution in [3.63, 3.8) is 0 Å². The molecular formula is C15H31NO4Si. The number of likely N-dealkylation sites (tertiary alicyclic amines) is 1. The molecule has 2 heterocycles. The minimum absolute atomic E-state index is 0.0770. The molecule has 0 aromatic carbocycles. The molecule has 1 unspecified atom stereocenters. The molecule has 0 saturated carbocycles. The Labute approximate surface area is 130 Å². The fraction of sp³-hybridized carbons (Fsp3) is 1.00. The van der Waals surface area contributed by atoms with Crippen molar-refractivity contribution in [2.45, 2.75) is 51.7 Å². The summed E-state index contributed by atoms with van der Waals surface area (Å²) in [5.41, 5.74) is 0. The first-order valence-electron chi connectivity index (χ1n) is 8.54. The molecule has 2 aliphatic rings. The Balaban J connectivity index is 1.96. The zero-order valence-electron chi connectivity index (χ0n) is 13.6. The highest BCUT2D eigenvalue weighted by molar-refractivity contribution is 6.60. The molecule has 6 heteroatoms. The van der Waals surface area contributed by atoms with Crippen LogP contribution in [0.15, 0.2) is 0 Å². The van der Waals surface area contributed by atoms with Gasteiger partial charge >= 0.3 is 8.80 Å². The van der Waals surface area contributed by atoms with Gasteiger partial charge in [0, 0.05) is 32.4 Å². The summed E-state index contributed by atoms with van der Waals surface area (Å²) in [6, 6.07) is 0.866. The minimum atomic E-state index is -2.52. The summed E-state index contributed by atoms with van der Waals surface area (Å²) < 4.78 is 24.1. The second kappa shape index (κ2) is 9.22. The normalized spacial score (nSPS) is 28.0. The van der Waals surface area contributed by atoms with Crippen LogP contribution < -0.4 is 0 Å². The van der Waals surface area contributed by atoms with Crippen LogP contribution in [-0.2, 0) is 18.0 Å². The summed E-state index contributed by atoms with van der Waals surface area (Å²) in [6.45, 7) is 10.1. The lowest BCUT2D eigenvalue weighted by molar-refractivity contribution is -0.0378. The third kappa shape index (κ3) is 5.62. The topological polar surface area (TPSA) is 40.2 Å². The van der Waals surface area contributed by atoms with Crippen LogP contribution in [0.4, 0.5) is 0 Å². The zero-order chi connectivity index (χ0) is 15.0. The quantitative estimate of drug-likeness (QED) is 0.703. The summed E-state index contributed by atoms with van der Waals surface area (Å²) >= 11 is 0. The molecule has 2 fully saturated rings. The monoisotopic (exact) mass is 317 g/mol. The van der Waals surface area contributed by atoms with Gasteiger partial charge in [0.1, 0.15) is 0 Å². The van der Waals surface area contributed by atoms with E-state index in [1.807, 2.05) is 13.8 Å². The molecule has 0 spiro atoms. The molecule has 2 rings (SSSR count). The van der Waals surface area contributed by atoms with E-state index in [2.05, 4.69) is 4.90 Å². The second-order valence-corrected chi connectivity index (χ2v) is 8.51. The Bertz CT molecular complexity index is 281. The standard InChI is InChI=1S/C15H31NO4Si/c1-3-18-21(19-4-2)12-8-11-17-14-15(20-21)13-16-9-6-5-7-10-16/h15H,3-14H2,1-2H3. The predicted molar refractivity (Wildman–Crippen MR) is 84.4 cm³/mol. The zero-order valence-corrected chi connectivity index (χ0v) is 14.6. The van der Waals surface area contributed by atoms with Crippen molar-refractivity contribution in [3.05, 3.63) is 0 Å². The lowest BCUT2D eigenvalue weighted by Gasteiger charge is -2.37. The van der Waals surface area contributed by atoms with E-state index >= 15 is 0 Å². The van der Waals surface area contributed by atoms with Gasteiger partial charge in [-0.25, -0.2) is 0 Å². The van der Waals surface area contributed by atoms with Crippen molar-refractivity contribution in [3.8, 4) is 0 Å². The van der Waals surface area contributed by atoms with E-state index in [0.717, 1.165) is 25.6 Å². The van der Waals surface area contributed by atoms with Gasteiger partial charge in [0.25, 0.3) is 0 Å². The van der Waals surface area contributed by atoms with Gasteiger partial charge < -0.3 is 22.9 Å². The molecule has 21 heavy (non-hydrogen) atoms.